The van der Waals surface area contributed by atoms with Crippen LogP contribution < -0.4 is 11.1 Å². The van der Waals surface area contributed by atoms with Crippen molar-refractivity contribution in [3.05, 3.63) is 36.8 Å². The lowest BCUT2D eigenvalue weighted by atomic mass is 10.0. The molecule has 0 aromatic carbocycles. The van der Waals surface area contributed by atoms with Crippen molar-refractivity contribution in [1.29, 1.82) is 0 Å². The number of ether oxygens (including phenoxy) is 1. The van der Waals surface area contributed by atoms with Crippen molar-refractivity contribution in [2.45, 2.75) is 24.9 Å². The summed E-state index contributed by atoms with van der Waals surface area (Å²) in [5.74, 6) is 0.999. The average Bonchev–Trinajstić information content (AvgIpc) is 3.34. The number of fused-ring (bicyclic) bond motifs is 2. The largest absolute Gasteiger partial charge is 0.382 e. The standard InChI is InChI=1S/C20H23N9O/c21-19-18-15(16-5-10-28-17(24-16)1-6-22-28)4-9-29(18)26-20(25-19)23-13-2-7-27(8-3-13)14-11-30-12-14/h1,4-6,9-10,13-14H,2-3,7-8,11-12H2,(H3,21,23,25,26). The number of hydrogen-bond donors (Lipinski definition) is 2. The van der Waals surface area contributed by atoms with Crippen LogP contribution in [-0.2, 0) is 4.74 Å². The van der Waals surface area contributed by atoms with Gasteiger partial charge in [0.25, 0.3) is 0 Å². The highest BCUT2D eigenvalue weighted by molar-refractivity contribution is 5.86. The van der Waals surface area contributed by atoms with E-state index in [1.807, 2.05) is 30.6 Å². The Labute approximate surface area is 172 Å². The second-order valence-corrected chi connectivity index (χ2v) is 7.94. The van der Waals surface area contributed by atoms with Crippen LogP contribution in [0, 0.1) is 0 Å². The average molecular weight is 405 g/mol. The molecule has 0 bridgehead atoms. The van der Waals surface area contributed by atoms with Crippen molar-refractivity contribution in [1.82, 2.24) is 34.1 Å². The highest BCUT2D eigenvalue weighted by atomic mass is 16.5. The maximum atomic E-state index is 6.35. The Kier molecular flexibility index (Phi) is 4.06. The molecule has 0 amide bonds. The van der Waals surface area contributed by atoms with Gasteiger partial charge in [-0.25, -0.2) is 14.0 Å². The number of nitrogens with one attached hydrogen (secondary N) is 1. The molecule has 6 heterocycles. The molecule has 6 rings (SSSR count). The fourth-order valence-corrected chi connectivity index (χ4v) is 4.31. The number of anilines is 2. The zero-order valence-electron chi connectivity index (χ0n) is 16.5. The lowest BCUT2D eigenvalue weighted by Gasteiger charge is -2.41. The van der Waals surface area contributed by atoms with E-state index in [0.29, 0.717) is 23.8 Å². The number of likely N-dealkylation sites (tertiary alicyclic amines) is 1. The lowest BCUT2D eigenvalue weighted by molar-refractivity contribution is -0.0705. The molecule has 0 spiro atoms. The zero-order valence-corrected chi connectivity index (χ0v) is 16.5. The van der Waals surface area contributed by atoms with Gasteiger partial charge < -0.3 is 15.8 Å². The smallest absolute Gasteiger partial charge is 0.243 e. The number of rotatable bonds is 4. The highest BCUT2D eigenvalue weighted by Gasteiger charge is 2.29. The van der Waals surface area contributed by atoms with Gasteiger partial charge in [-0.05, 0) is 25.0 Å². The Bertz CT molecular complexity index is 1200. The molecule has 10 nitrogen and oxygen atoms in total. The number of nitrogens with zero attached hydrogens (tertiary/aromatic N) is 7. The number of piperidine rings is 1. The molecule has 2 aliphatic rings. The lowest BCUT2D eigenvalue weighted by Crippen LogP contribution is -2.53. The monoisotopic (exact) mass is 405 g/mol. The van der Waals surface area contributed by atoms with Crippen LogP contribution in [0.4, 0.5) is 11.8 Å². The van der Waals surface area contributed by atoms with Crippen molar-refractivity contribution in [2.24, 2.45) is 0 Å². The van der Waals surface area contributed by atoms with Crippen molar-refractivity contribution in [3.63, 3.8) is 0 Å². The summed E-state index contributed by atoms with van der Waals surface area (Å²) in [7, 11) is 0. The second kappa shape index (κ2) is 6.92. The first kappa shape index (κ1) is 17.6. The summed E-state index contributed by atoms with van der Waals surface area (Å²) >= 11 is 0. The minimum atomic E-state index is 0.347. The molecule has 3 N–H and O–H groups in total. The van der Waals surface area contributed by atoms with Gasteiger partial charge in [0.2, 0.25) is 5.95 Å². The van der Waals surface area contributed by atoms with E-state index in [2.05, 4.69) is 30.4 Å². The van der Waals surface area contributed by atoms with Crippen LogP contribution in [0.1, 0.15) is 12.8 Å². The molecule has 0 radical (unpaired) electrons. The van der Waals surface area contributed by atoms with E-state index < -0.39 is 0 Å². The van der Waals surface area contributed by atoms with Gasteiger partial charge in [0.05, 0.1) is 31.1 Å². The maximum Gasteiger partial charge on any atom is 0.243 e. The predicted molar refractivity (Wildman–Crippen MR) is 112 cm³/mol. The SMILES string of the molecule is Nc1nc(NC2CCN(C3COC3)CC2)nn2ccc(-c3ccn4nccc4n3)c12. The van der Waals surface area contributed by atoms with Gasteiger partial charge >= 0.3 is 0 Å². The first-order chi connectivity index (χ1) is 14.7. The molecule has 2 saturated heterocycles. The Hall–Kier alpha value is -3.24. The minimum absolute atomic E-state index is 0.347. The third-order valence-corrected chi connectivity index (χ3v) is 6.07. The number of nitrogens with two attached hydrogens (primary N) is 1. The molecule has 0 unspecified atom stereocenters. The minimum Gasteiger partial charge on any atom is -0.382 e. The van der Waals surface area contributed by atoms with Crippen molar-refractivity contribution >= 4 is 22.9 Å². The first-order valence-corrected chi connectivity index (χ1v) is 10.3. The molecule has 2 fully saturated rings. The van der Waals surface area contributed by atoms with Gasteiger partial charge in [-0.15, -0.1) is 5.10 Å². The Balaban J connectivity index is 1.24. The normalized spacial score (nSPS) is 18.8. The van der Waals surface area contributed by atoms with Crippen LogP contribution in [0.2, 0.25) is 0 Å². The first-order valence-electron chi connectivity index (χ1n) is 10.3. The zero-order chi connectivity index (χ0) is 20.1. The summed E-state index contributed by atoms with van der Waals surface area (Å²) in [6.07, 6.45) is 7.63. The molecular formula is C20H23N9O. The second-order valence-electron chi connectivity index (χ2n) is 7.94. The molecule has 0 saturated carbocycles. The third-order valence-electron chi connectivity index (χ3n) is 6.07. The predicted octanol–water partition coefficient (Wildman–Crippen LogP) is 1.30. The summed E-state index contributed by atoms with van der Waals surface area (Å²) < 4.78 is 8.82. The number of nitrogen functional groups attached to an aromatic ring is 1. The molecule has 2 aliphatic heterocycles. The van der Waals surface area contributed by atoms with Gasteiger partial charge in [-0.1, -0.05) is 0 Å². The Morgan fingerprint density at radius 2 is 1.87 bits per heavy atom. The Morgan fingerprint density at radius 3 is 2.67 bits per heavy atom. The quantitative estimate of drug-likeness (QED) is 0.523. The highest BCUT2D eigenvalue weighted by Crippen LogP contribution is 2.28. The van der Waals surface area contributed by atoms with E-state index >= 15 is 0 Å². The molecular weight excluding hydrogens is 382 g/mol. The summed E-state index contributed by atoms with van der Waals surface area (Å²) in [6, 6.07) is 6.70. The fraction of sp³-hybridized carbons (Fsp3) is 0.400. The molecule has 0 aliphatic carbocycles. The molecule has 154 valence electrons. The van der Waals surface area contributed by atoms with Crippen LogP contribution in [0.3, 0.4) is 0 Å². The topological polar surface area (TPSA) is 111 Å². The molecule has 10 heteroatoms. The van der Waals surface area contributed by atoms with E-state index in [0.717, 1.165) is 61.6 Å². The van der Waals surface area contributed by atoms with Crippen molar-refractivity contribution < 1.29 is 4.74 Å². The van der Waals surface area contributed by atoms with Gasteiger partial charge in [-0.2, -0.15) is 10.1 Å². The van der Waals surface area contributed by atoms with Crippen molar-refractivity contribution in [3.8, 4) is 11.3 Å². The summed E-state index contributed by atoms with van der Waals surface area (Å²) in [5, 5.41) is 12.3. The molecule has 0 atom stereocenters. The van der Waals surface area contributed by atoms with Crippen molar-refractivity contribution in [2.75, 3.05) is 37.4 Å². The van der Waals surface area contributed by atoms with E-state index in [1.165, 1.54) is 0 Å². The van der Waals surface area contributed by atoms with Crippen LogP contribution in [0.25, 0.3) is 22.4 Å². The van der Waals surface area contributed by atoms with Gasteiger partial charge in [-0.3, -0.25) is 4.90 Å². The number of aromatic nitrogens is 6. The summed E-state index contributed by atoms with van der Waals surface area (Å²) in [6.45, 7) is 3.88. The molecule has 4 aromatic rings. The van der Waals surface area contributed by atoms with Gasteiger partial charge in [0.1, 0.15) is 5.52 Å². The van der Waals surface area contributed by atoms with Crippen LogP contribution >= 0.6 is 0 Å². The molecule has 4 aromatic heterocycles. The van der Waals surface area contributed by atoms with Crippen LogP contribution in [0.5, 0.6) is 0 Å². The summed E-state index contributed by atoms with van der Waals surface area (Å²) in [5.41, 5.74) is 9.60. The number of hydrogen-bond acceptors (Lipinski definition) is 8. The van der Waals surface area contributed by atoms with Gasteiger partial charge in [0.15, 0.2) is 11.5 Å². The summed E-state index contributed by atoms with van der Waals surface area (Å²) in [4.78, 5) is 11.7. The van der Waals surface area contributed by atoms with E-state index in [-0.39, 0.29) is 0 Å². The van der Waals surface area contributed by atoms with Gasteiger partial charge in [0, 0.05) is 43.2 Å². The van der Waals surface area contributed by atoms with Crippen LogP contribution in [0.15, 0.2) is 36.8 Å². The van der Waals surface area contributed by atoms with E-state index in [9.17, 15) is 0 Å². The Morgan fingerprint density at radius 1 is 1.03 bits per heavy atom. The maximum absolute atomic E-state index is 6.35. The van der Waals surface area contributed by atoms with E-state index in [4.69, 9.17) is 10.5 Å². The fourth-order valence-electron chi connectivity index (χ4n) is 4.31. The third kappa shape index (κ3) is 2.96. The van der Waals surface area contributed by atoms with E-state index in [1.54, 1.807) is 15.2 Å². The molecule has 30 heavy (non-hydrogen) atoms. The van der Waals surface area contributed by atoms with Crippen LogP contribution in [-0.4, -0.2) is 72.5 Å².